The van der Waals surface area contributed by atoms with Crippen LogP contribution in [-0.2, 0) is 14.4 Å². The molecule has 0 atom stereocenters. The molecular formula is C15H15N3O5. The SMILES string of the molecule is COC(=O)c1ccc(/C=N\OCC(=O)Nc2cc(C)on2)cc1. The number of carbonyl (C=O) groups is 2. The Hall–Kier alpha value is -3.16. The summed E-state index contributed by atoms with van der Waals surface area (Å²) in [5, 5.41) is 9.79. The van der Waals surface area contributed by atoms with Crippen molar-refractivity contribution in [3.8, 4) is 0 Å². The summed E-state index contributed by atoms with van der Waals surface area (Å²) in [5.41, 5.74) is 1.15. The topological polar surface area (TPSA) is 103 Å². The number of aryl methyl sites for hydroxylation is 1. The lowest BCUT2D eigenvalue weighted by atomic mass is 10.1. The second-order valence-corrected chi connectivity index (χ2v) is 4.49. The second-order valence-electron chi connectivity index (χ2n) is 4.49. The van der Waals surface area contributed by atoms with Gasteiger partial charge < -0.3 is 19.4 Å². The number of anilines is 1. The van der Waals surface area contributed by atoms with Crippen molar-refractivity contribution in [1.82, 2.24) is 5.16 Å². The molecule has 0 aliphatic carbocycles. The van der Waals surface area contributed by atoms with E-state index in [2.05, 4.69) is 20.4 Å². The van der Waals surface area contributed by atoms with Crippen LogP contribution in [0, 0.1) is 6.92 Å². The Labute approximate surface area is 132 Å². The molecular weight excluding hydrogens is 302 g/mol. The molecule has 1 heterocycles. The molecule has 0 fully saturated rings. The summed E-state index contributed by atoms with van der Waals surface area (Å²) in [7, 11) is 1.32. The number of ether oxygens (including phenoxy) is 1. The van der Waals surface area contributed by atoms with Crippen LogP contribution in [0.5, 0.6) is 0 Å². The molecule has 1 amide bonds. The Morgan fingerprint density at radius 3 is 2.70 bits per heavy atom. The van der Waals surface area contributed by atoms with Crippen LogP contribution in [0.2, 0.25) is 0 Å². The van der Waals surface area contributed by atoms with Crippen LogP contribution >= 0.6 is 0 Å². The number of amides is 1. The highest BCUT2D eigenvalue weighted by atomic mass is 16.6. The number of carbonyl (C=O) groups excluding carboxylic acids is 2. The lowest BCUT2D eigenvalue weighted by molar-refractivity contribution is -0.120. The van der Waals surface area contributed by atoms with E-state index < -0.39 is 11.9 Å². The number of rotatable bonds is 6. The van der Waals surface area contributed by atoms with E-state index in [1.54, 1.807) is 37.3 Å². The molecule has 0 spiro atoms. The van der Waals surface area contributed by atoms with Crippen molar-refractivity contribution in [2.75, 3.05) is 19.0 Å². The fourth-order valence-electron chi connectivity index (χ4n) is 1.62. The van der Waals surface area contributed by atoms with Crippen LogP contribution in [-0.4, -0.2) is 37.0 Å². The lowest BCUT2D eigenvalue weighted by Gasteiger charge is -2.00. The van der Waals surface area contributed by atoms with Gasteiger partial charge in [-0.15, -0.1) is 0 Å². The summed E-state index contributed by atoms with van der Waals surface area (Å²) in [5.74, 6) is 0.0918. The molecule has 2 aromatic rings. The lowest BCUT2D eigenvalue weighted by Crippen LogP contribution is -2.17. The molecule has 1 N–H and O–H groups in total. The van der Waals surface area contributed by atoms with Gasteiger partial charge in [-0.2, -0.15) is 0 Å². The standard InChI is InChI=1S/C15H15N3O5/c1-10-7-13(18-23-10)17-14(19)9-22-16-8-11-3-5-12(6-4-11)15(20)21-2/h3-8H,9H2,1-2H3,(H,17,18,19)/b16-8-. The van der Waals surface area contributed by atoms with Crippen molar-refractivity contribution < 1.29 is 23.7 Å². The minimum Gasteiger partial charge on any atom is -0.465 e. The van der Waals surface area contributed by atoms with Crippen LogP contribution in [0.25, 0.3) is 0 Å². The summed E-state index contributed by atoms with van der Waals surface area (Å²) in [6.07, 6.45) is 1.43. The predicted molar refractivity (Wildman–Crippen MR) is 81.2 cm³/mol. The molecule has 0 aliphatic heterocycles. The van der Waals surface area contributed by atoms with Crippen LogP contribution in [0.1, 0.15) is 21.7 Å². The van der Waals surface area contributed by atoms with E-state index >= 15 is 0 Å². The first-order valence-electron chi connectivity index (χ1n) is 6.65. The Bertz CT molecular complexity index is 706. The average Bonchev–Trinajstić information content (AvgIpc) is 2.96. The van der Waals surface area contributed by atoms with Gasteiger partial charge in [0.15, 0.2) is 12.4 Å². The van der Waals surface area contributed by atoms with Gasteiger partial charge in [0.05, 0.1) is 18.9 Å². The molecule has 0 radical (unpaired) electrons. The Balaban J connectivity index is 1.78. The van der Waals surface area contributed by atoms with Crippen molar-refractivity contribution in [2.45, 2.75) is 6.92 Å². The zero-order valence-corrected chi connectivity index (χ0v) is 12.6. The first-order chi connectivity index (χ1) is 11.1. The Morgan fingerprint density at radius 1 is 1.35 bits per heavy atom. The van der Waals surface area contributed by atoms with E-state index in [0.717, 1.165) is 0 Å². The summed E-state index contributed by atoms with van der Waals surface area (Å²) in [4.78, 5) is 27.7. The molecule has 2 rings (SSSR count). The van der Waals surface area contributed by atoms with Gasteiger partial charge >= 0.3 is 5.97 Å². The first kappa shape index (κ1) is 16.2. The second kappa shape index (κ2) is 7.74. The number of hydrogen-bond donors (Lipinski definition) is 1. The number of nitrogens with zero attached hydrogens (tertiary/aromatic N) is 2. The van der Waals surface area contributed by atoms with Crippen LogP contribution < -0.4 is 5.32 Å². The number of methoxy groups -OCH3 is 1. The zero-order chi connectivity index (χ0) is 16.7. The molecule has 8 nitrogen and oxygen atoms in total. The largest absolute Gasteiger partial charge is 0.465 e. The van der Waals surface area contributed by atoms with Gasteiger partial charge in [0.2, 0.25) is 0 Å². The third-order valence-corrected chi connectivity index (χ3v) is 2.70. The molecule has 0 saturated heterocycles. The molecule has 1 aromatic heterocycles. The quantitative estimate of drug-likeness (QED) is 0.494. The van der Waals surface area contributed by atoms with E-state index in [0.29, 0.717) is 22.7 Å². The van der Waals surface area contributed by atoms with Crippen molar-refractivity contribution >= 4 is 23.9 Å². The minimum atomic E-state index is -0.412. The highest BCUT2D eigenvalue weighted by Crippen LogP contribution is 2.06. The Morgan fingerprint density at radius 2 is 2.09 bits per heavy atom. The molecule has 120 valence electrons. The number of aromatic nitrogens is 1. The third-order valence-electron chi connectivity index (χ3n) is 2.70. The average molecular weight is 317 g/mol. The van der Waals surface area contributed by atoms with E-state index in [1.807, 2.05) is 0 Å². The maximum absolute atomic E-state index is 11.5. The van der Waals surface area contributed by atoms with Gasteiger partial charge in [-0.1, -0.05) is 22.4 Å². The zero-order valence-electron chi connectivity index (χ0n) is 12.6. The van der Waals surface area contributed by atoms with Crippen molar-refractivity contribution in [2.24, 2.45) is 5.16 Å². The molecule has 23 heavy (non-hydrogen) atoms. The van der Waals surface area contributed by atoms with Crippen molar-refractivity contribution in [3.05, 3.63) is 47.2 Å². The normalized spacial score (nSPS) is 10.5. The molecule has 0 unspecified atom stereocenters. The van der Waals surface area contributed by atoms with Crippen molar-refractivity contribution in [3.63, 3.8) is 0 Å². The van der Waals surface area contributed by atoms with Gasteiger partial charge in [-0.25, -0.2) is 4.79 Å². The number of benzene rings is 1. The van der Waals surface area contributed by atoms with Crippen LogP contribution in [0.15, 0.2) is 40.0 Å². The Kier molecular flexibility index (Phi) is 5.45. The summed E-state index contributed by atoms with van der Waals surface area (Å²) >= 11 is 0. The monoisotopic (exact) mass is 317 g/mol. The van der Waals surface area contributed by atoms with E-state index in [9.17, 15) is 9.59 Å². The number of oxime groups is 1. The van der Waals surface area contributed by atoms with Gasteiger partial charge in [0.25, 0.3) is 5.91 Å². The van der Waals surface area contributed by atoms with E-state index in [4.69, 9.17) is 9.36 Å². The van der Waals surface area contributed by atoms with Crippen LogP contribution in [0.4, 0.5) is 5.82 Å². The predicted octanol–water partition coefficient (Wildman–Crippen LogP) is 1.76. The first-order valence-corrected chi connectivity index (χ1v) is 6.65. The fourth-order valence-corrected chi connectivity index (χ4v) is 1.62. The summed E-state index contributed by atoms with van der Waals surface area (Å²) < 4.78 is 9.41. The van der Waals surface area contributed by atoms with E-state index in [-0.39, 0.29) is 6.61 Å². The van der Waals surface area contributed by atoms with Gasteiger partial charge in [0.1, 0.15) is 5.76 Å². The molecule has 0 aliphatic rings. The number of nitrogens with one attached hydrogen (secondary N) is 1. The van der Waals surface area contributed by atoms with Gasteiger partial charge in [0, 0.05) is 6.07 Å². The molecule has 0 saturated carbocycles. The number of hydrogen-bond acceptors (Lipinski definition) is 7. The van der Waals surface area contributed by atoms with Crippen LogP contribution in [0.3, 0.4) is 0 Å². The molecule has 8 heteroatoms. The highest BCUT2D eigenvalue weighted by molar-refractivity contribution is 5.91. The summed E-state index contributed by atoms with van der Waals surface area (Å²) in [6, 6.07) is 8.15. The highest BCUT2D eigenvalue weighted by Gasteiger charge is 2.06. The molecule has 0 bridgehead atoms. The molecule has 1 aromatic carbocycles. The van der Waals surface area contributed by atoms with Gasteiger partial charge in [-0.05, 0) is 24.6 Å². The third kappa shape index (κ3) is 4.95. The van der Waals surface area contributed by atoms with Crippen molar-refractivity contribution in [1.29, 1.82) is 0 Å². The number of esters is 1. The maximum Gasteiger partial charge on any atom is 0.337 e. The van der Waals surface area contributed by atoms with E-state index in [1.165, 1.54) is 13.3 Å². The van der Waals surface area contributed by atoms with Gasteiger partial charge in [-0.3, -0.25) is 4.79 Å². The fraction of sp³-hybridized carbons (Fsp3) is 0.200. The smallest absolute Gasteiger partial charge is 0.337 e. The minimum absolute atomic E-state index is 0.261. The maximum atomic E-state index is 11.5. The summed E-state index contributed by atoms with van der Waals surface area (Å²) in [6.45, 7) is 1.46.